The maximum Gasteiger partial charge on any atom is 0.247 e. The van der Waals surface area contributed by atoms with E-state index in [1.807, 2.05) is 24.3 Å². The van der Waals surface area contributed by atoms with Crippen LogP contribution in [0.2, 0.25) is 0 Å². The largest absolute Gasteiger partial charge is 0.393 e. The molecule has 1 fully saturated rings. The summed E-state index contributed by atoms with van der Waals surface area (Å²) in [7, 11) is 0. The van der Waals surface area contributed by atoms with E-state index in [-0.39, 0.29) is 6.10 Å². The first-order valence-electron chi connectivity index (χ1n) is 8.65. The Balaban J connectivity index is 1.56. The molecule has 3 aromatic heterocycles. The summed E-state index contributed by atoms with van der Waals surface area (Å²) in [5.41, 5.74) is 1.77. The number of aliphatic hydroxyl groups is 1. The van der Waals surface area contributed by atoms with Crippen molar-refractivity contribution in [3.8, 4) is 6.07 Å². The van der Waals surface area contributed by atoms with E-state index in [0.717, 1.165) is 37.1 Å². The van der Waals surface area contributed by atoms with E-state index < -0.39 is 0 Å². The van der Waals surface area contributed by atoms with Gasteiger partial charge >= 0.3 is 0 Å². The summed E-state index contributed by atoms with van der Waals surface area (Å²) in [6.45, 7) is 0. The molecule has 132 valence electrons. The van der Waals surface area contributed by atoms with E-state index in [9.17, 15) is 5.11 Å². The van der Waals surface area contributed by atoms with Crippen LogP contribution in [-0.4, -0.2) is 36.8 Å². The van der Waals surface area contributed by atoms with Crippen molar-refractivity contribution in [1.82, 2.24) is 19.6 Å². The van der Waals surface area contributed by atoms with Crippen LogP contribution in [0, 0.1) is 11.3 Å². The molecule has 0 bridgehead atoms. The van der Waals surface area contributed by atoms with E-state index in [4.69, 9.17) is 5.26 Å². The molecule has 1 aliphatic carbocycles. The summed E-state index contributed by atoms with van der Waals surface area (Å²) in [4.78, 5) is 8.44. The maximum absolute atomic E-state index is 9.66. The first kappa shape index (κ1) is 16.3. The fourth-order valence-corrected chi connectivity index (χ4v) is 3.20. The Morgan fingerprint density at radius 3 is 2.85 bits per heavy atom. The van der Waals surface area contributed by atoms with Gasteiger partial charge in [-0.15, -0.1) is 5.10 Å². The predicted octanol–water partition coefficient (Wildman–Crippen LogP) is 2.45. The van der Waals surface area contributed by atoms with Gasteiger partial charge in [-0.05, 0) is 49.9 Å². The number of aromatic nitrogens is 4. The first-order chi connectivity index (χ1) is 12.7. The van der Waals surface area contributed by atoms with E-state index in [2.05, 4.69) is 25.7 Å². The lowest BCUT2D eigenvalue weighted by atomic mass is 9.93. The van der Waals surface area contributed by atoms with Crippen LogP contribution in [-0.2, 0) is 0 Å². The lowest BCUT2D eigenvalue weighted by Gasteiger charge is -2.26. The summed E-state index contributed by atoms with van der Waals surface area (Å²) >= 11 is 0. The van der Waals surface area contributed by atoms with Gasteiger partial charge in [0.2, 0.25) is 5.95 Å². The van der Waals surface area contributed by atoms with Crippen LogP contribution in [0.15, 0.2) is 36.5 Å². The van der Waals surface area contributed by atoms with Crippen molar-refractivity contribution in [2.45, 2.75) is 37.8 Å². The van der Waals surface area contributed by atoms with Gasteiger partial charge < -0.3 is 15.7 Å². The van der Waals surface area contributed by atoms with Gasteiger partial charge in [0.1, 0.15) is 17.6 Å². The molecule has 0 aliphatic heterocycles. The number of hydrogen-bond donors (Lipinski definition) is 3. The van der Waals surface area contributed by atoms with Gasteiger partial charge in [-0.1, -0.05) is 6.07 Å². The monoisotopic (exact) mass is 349 g/mol. The highest BCUT2D eigenvalue weighted by Gasteiger charge is 2.20. The lowest BCUT2D eigenvalue weighted by Crippen LogP contribution is -2.29. The van der Waals surface area contributed by atoms with Crippen molar-refractivity contribution in [3.05, 3.63) is 42.2 Å². The predicted molar refractivity (Wildman–Crippen MR) is 97.1 cm³/mol. The molecule has 0 unspecified atom stereocenters. The summed E-state index contributed by atoms with van der Waals surface area (Å²) in [5, 5.41) is 29.8. The number of nitriles is 1. The molecule has 0 aromatic carbocycles. The third-order valence-electron chi connectivity index (χ3n) is 4.54. The lowest BCUT2D eigenvalue weighted by molar-refractivity contribution is 0.126. The second-order valence-corrected chi connectivity index (χ2v) is 6.43. The third-order valence-corrected chi connectivity index (χ3v) is 4.54. The van der Waals surface area contributed by atoms with Gasteiger partial charge in [0, 0.05) is 17.9 Å². The van der Waals surface area contributed by atoms with Crippen LogP contribution in [0.25, 0.3) is 5.65 Å². The van der Waals surface area contributed by atoms with E-state index in [1.165, 1.54) is 0 Å². The Bertz CT molecular complexity index is 954. The molecule has 26 heavy (non-hydrogen) atoms. The minimum Gasteiger partial charge on any atom is -0.393 e. The third kappa shape index (κ3) is 3.43. The molecule has 0 amide bonds. The van der Waals surface area contributed by atoms with Crippen molar-refractivity contribution in [2.24, 2.45) is 0 Å². The molecule has 0 radical (unpaired) electrons. The number of aliphatic hydroxyl groups excluding tert-OH is 1. The average molecular weight is 349 g/mol. The second kappa shape index (κ2) is 6.98. The van der Waals surface area contributed by atoms with E-state index in [0.29, 0.717) is 23.4 Å². The van der Waals surface area contributed by atoms with Gasteiger partial charge in [0.25, 0.3) is 0 Å². The molecule has 1 aliphatic rings. The number of nitrogens with zero attached hydrogens (tertiary/aromatic N) is 5. The molecular weight excluding hydrogens is 330 g/mol. The number of anilines is 3. The van der Waals surface area contributed by atoms with Crippen LogP contribution in [0.5, 0.6) is 0 Å². The highest BCUT2D eigenvalue weighted by Crippen LogP contribution is 2.23. The summed E-state index contributed by atoms with van der Waals surface area (Å²) in [6, 6.07) is 11.5. The molecule has 8 nitrogen and oxygen atoms in total. The number of rotatable bonds is 4. The van der Waals surface area contributed by atoms with Crippen molar-refractivity contribution in [2.75, 3.05) is 10.6 Å². The number of nitrogens with one attached hydrogen (secondary N) is 2. The van der Waals surface area contributed by atoms with Crippen molar-refractivity contribution in [1.29, 1.82) is 5.26 Å². The zero-order valence-electron chi connectivity index (χ0n) is 14.1. The fourth-order valence-electron chi connectivity index (χ4n) is 3.20. The van der Waals surface area contributed by atoms with Gasteiger partial charge in [-0.2, -0.15) is 14.8 Å². The van der Waals surface area contributed by atoms with Crippen molar-refractivity contribution < 1.29 is 5.11 Å². The molecule has 4 rings (SSSR count). The van der Waals surface area contributed by atoms with Crippen molar-refractivity contribution >= 4 is 23.1 Å². The van der Waals surface area contributed by atoms with Gasteiger partial charge in [0.15, 0.2) is 5.65 Å². The van der Waals surface area contributed by atoms with Crippen molar-refractivity contribution in [3.63, 3.8) is 0 Å². The molecule has 0 saturated heterocycles. The average Bonchev–Trinajstić information content (AvgIpc) is 3.07. The number of hydrogen-bond acceptors (Lipinski definition) is 7. The van der Waals surface area contributed by atoms with E-state index >= 15 is 0 Å². The van der Waals surface area contributed by atoms with Gasteiger partial charge in [-0.25, -0.2) is 4.98 Å². The molecule has 8 heteroatoms. The Morgan fingerprint density at radius 1 is 1.19 bits per heavy atom. The highest BCUT2D eigenvalue weighted by atomic mass is 16.3. The minimum absolute atomic E-state index is 0.176. The second-order valence-electron chi connectivity index (χ2n) is 6.43. The quantitative estimate of drug-likeness (QED) is 0.663. The fraction of sp³-hybridized carbons (Fsp3) is 0.333. The maximum atomic E-state index is 9.66. The number of fused-ring (bicyclic) bond motifs is 1. The number of pyridine rings is 2. The Labute approximate surface area is 150 Å². The zero-order chi connectivity index (χ0) is 17.9. The molecule has 3 aromatic rings. The SMILES string of the molecule is N#Cc1cc(Nc2nc3cccc(N[C@H]4CC[C@@H](O)CC4)n3n2)ccn1. The van der Waals surface area contributed by atoms with E-state index in [1.54, 1.807) is 22.8 Å². The molecule has 0 spiro atoms. The molecular formula is C18H19N7O. The Morgan fingerprint density at radius 2 is 2.04 bits per heavy atom. The molecule has 1 saturated carbocycles. The highest BCUT2D eigenvalue weighted by molar-refractivity contribution is 5.58. The minimum atomic E-state index is -0.176. The smallest absolute Gasteiger partial charge is 0.247 e. The molecule has 3 heterocycles. The van der Waals surface area contributed by atoms with Crippen LogP contribution in [0.4, 0.5) is 17.5 Å². The van der Waals surface area contributed by atoms with Crippen LogP contribution >= 0.6 is 0 Å². The first-order valence-corrected chi connectivity index (χ1v) is 8.65. The van der Waals surface area contributed by atoms with Crippen LogP contribution in [0.3, 0.4) is 0 Å². The van der Waals surface area contributed by atoms with Gasteiger partial charge in [-0.3, -0.25) is 0 Å². The normalized spacial score (nSPS) is 19.8. The summed E-state index contributed by atoms with van der Waals surface area (Å²) in [5.74, 6) is 1.32. The molecule has 3 N–H and O–H groups in total. The standard InChI is InChI=1S/C18H19N7O/c19-11-14-10-13(8-9-20-14)22-18-23-17-3-1-2-16(25(17)24-18)21-12-4-6-15(26)7-5-12/h1-3,8-10,12,15,21,26H,4-7H2,(H,20,22,24)/t12-,15+. The van der Waals surface area contributed by atoms with Gasteiger partial charge in [0.05, 0.1) is 6.10 Å². The zero-order valence-corrected chi connectivity index (χ0v) is 14.1. The van der Waals surface area contributed by atoms with Crippen LogP contribution < -0.4 is 10.6 Å². The Hall–Kier alpha value is -3.18. The van der Waals surface area contributed by atoms with Crippen LogP contribution in [0.1, 0.15) is 31.4 Å². The summed E-state index contributed by atoms with van der Waals surface area (Å²) < 4.78 is 1.76. The summed E-state index contributed by atoms with van der Waals surface area (Å²) in [6.07, 6.45) is 4.91. The topological polar surface area (TPSA) is 111 Å². The molecule has 0 atom stereocenters. The Kier molecular flexibility index (Phi) is 4.37.